The third kappa shape index (κ3) is 3.13. The van der Waals surface area contributed by atoms with Gasteiger partial charge in [0.25, 0.3) is 0 Å². The Morgan fingerprint density at radius 2 is 1.78 bits per heavy atom. The average Bonchev–Trinajstić information content (AvgIpc) is 2.73. The molecule has 3 aromatic rings. The number of anilines is 2. The van der Waals surface area contributed by atoms with E-state index in [1.54, 1.807) is 14.2 Å². The summed E-state index contributed by atoms with van der Waals surface area (Å²) in [6.07, 6.45) is 0. The molecule has 1 aromatic heterocycles. The lowest BCUT2D eigenvalue weighted by atomic mass is 9.97. The van der Waals surface area contributed by atoms with Gasteiger partial charge in [0.1, 0.15) is 5.82 Å². The van der Waals surface area contributed by atoms with Crippen LogP contribution >= 0.6 is 0 Å². The van der Waals surface area contributed by atoms with Gasteiger partial charge in [0.2, 0.25) is 0 Å². The minimum atomic E-state index is 0.646. The molecule has 6 nitrogen and oxygen atoms in total. The molecule has 4 rings (SSSR count). The Morgan fingerprint density at radius 3 is 2.44 bits per heavy atom. The number of aromatic nitrogens is 1. The van der Waals surface area contributed by atoms with Gasteiger partial charge >= 0.3 is 0 Å². The van der Waals surface area contributed by atoms with Crippen LogP contribution in [-0.2, 0) is 0 Å². The maximum Gasteiger partial charge on any atom is 0.169 e. The summed E-state index contributed by atoms with van der Waals surface area (Å²) in [7, 11) is 3.29. The number of nitrogens with two attached hydrogens (primary N) is 1. The first-order valence-electron chi connectivity index (χ1n) is 9.09. The topological polar surface area (TPSA) is 72.6 Å². The average molecular weight is 364 g/mol. The fourth-order valence-electron chi connectivity index (χ4n) is 3.66. The molecule has 27 heavy (non-hydrogen) atoms. The summed E-state index contributed by atoms with van der Waals surface area (Å²) >= 11 is 0. The van der Waals surface area contributed by atoms with Gasteiger partial charge in [-0.25, -0.2) is 4.98 Å². The van der Waals surface area contributed by atoms with Crippen molar-refractivity contribution in [2.24, 2.45) is 0 Å². The number of fused-ring (bicyclic) bond motifs is 1. The van der Waals surface area contributed by atoms with Gasteiger partial charge in [-0.05, 0) is 5.56 Å². The van der Waals surface area contributed by atoms with Gasteiger partial charge in [-0.15, -0.1) is 0 Å². The number of nitrogens with one attached hydrogen (secondary N) is 1. The Labute approximate surface area is 158 Å². The molecule has 0 unspecified atom stereocenters. The molecule has 2 aromatic carbocycles. The van der Waals surface area contributed by atoms with Crippen LogP contribution in [0.4, 0.5) is 11.5 Å². The molecule has 6 heteroatoms. The Hall–Kier alpha value is -2.99. The predicted molar refractivity (Wildman–Crippen MR) is 110 cm³/mol. The van der Waals surface area contributed by atoms with E-state index in [0.717, 1.165) is 54.0 Å². The van der Waals surface area contributed by atoms with Crippen LogP contribution < -0.4 is 25.4 Å². The number of piperazine rings is 1. The van der Waals surface area contributed by atoms with Crippen LogP contribution in [-0.4, -0.2) is 45.4 Å². The van der Waals surface area contributed by atoms with Crippen molar-refractivity contribution in [3.63, 3.8) is 0 Å². The van der Waals surface area contributed by atoms with Crippen molar-refractivity contribution >= 4 is 22.4 Å². The summed E-state index contributed by atoms with van der Waals surface area (Å²) in [6, 6.07) is 13.9. The van der Waals surface area contributed by atoms with Crippen LogP contribution in [0.25, 0.3) is 22.0 Å². The van der Waals surface area contributed by atoms with Gasteiger partial charge in [0.05, 0.1) is 19.7 Å². The van der Waals surface area contributed by atoms with Crippen molar-refractivity contribution in [2.75, 3.05) is 51.0 Å². The summed E-state index contributed by atoms with van der Waals surface area (Å²) in [5.74, 6) is 2.21. The van der Waals surface area contributed by atoms with Crippen LogP contribution in [0.15, 0.2) is 42.5 Å². The van der Waals surface area contributed by atoms with Gasteiger partial charge in [-0.3, -0.25) is 0 Å². The second kappa shape index (κ2) is 7.32. The zero-order valence-electron chi connectivity index (χ0n) is 15.7. The number of ether oxygens (including phenoxy) is 2. The van der Waals surface area contributed by atoms with Crippen LogP contribution in [0.3, 0.4) is 0 Å². The normalized spacial score (nSPS) is 14.4. The van der Waals surface area contributed by atoms with Crippen molar-refractivity contribution in [1.82, 2.24) is 10.3 Å². The maximum atomic E-state index is 6.54. The second-order valence-electron chi connectivity index (χ2n) is 6.55. The van der Waals surface area contributed by atoms with E-state index in [1.165, 1.54) is 0 Å². The molecule has 140 valence electrons. The molecular weight excluding hydrogens is 340 g/mol. The highest BCUT2D eigenvalue weighted by Crippen LogP contribution is 2.45. The molecule has 1 saturated heterocycles. The van der Waals surface area contributed by atoms with Crippen LogP contribution in [0.1, 0.15) is 0 Å². The number of benzene rings is 2. The molecule has 0 amide bonds. The monoisotopic (exact) mass is 364 g/mol. The Morgan fingerprint density at radius 1 is 1.04 bits per heavy atom. The first kappa shape index (κ1) is 17.4. The third-order valence-corrected chi connectivity index (χ3v) is 4.96. The Kier molecular flexibility index (Phi) is 4.73. The van der Waals surface area contributed by atoms with Gasteiger partial charge in [0.15, 0.2) is 11.5 Å². The highest BCUT2D eigenvalue weighted by atomic mass is 16.5. The lowest BCUT2D eigenvalue weighted by molar-refractivity contribution is 0.357. The smallest absolute Gasteiger partial charge is 0.169 e. The zero-order valence-corrected chi connectivity index (χ0v) is 15.7. The van der Waals surface area contributed by atoms with Crippen LogP contribution in [0.2, 0.25) is 0 Å². The molecule has 0 saturated carbocycles. The Bertz CT molecular complexity index is 954. The van der Waals surface area contributed by atoms with Crippen LogP contribution in [0, 0.1) is 0 Å². The third-order valence-electron chi connectivity index (χ3n) is 4.96. The summed E-state index contributed by atoms with van der Waals surface area (Å²) < 4.78 is 11.3. The molecule has 0 aliphatic carbocycles. The molecule has 1 aliphatic rings. The molecule has 0 radical (unpaired) electrons. The maximum absolute atomic E-state index is 6.54. The highest BCUT2D eigenvalue weighted by molar-refractivity contribution is 6.07. The second-order valence-corrected chi connectivity index (χ2v) is 6.55. The molecule has 0 spiro atoms. The minimum absolute atomic E-state index is 0.646. The van der Waals surface area contributed by atoms with Gasteiger partial charge in [-0.1, -0.05) is 30.3 Å². The standard InChI is InChI=1S/C21H24N4O2/c1-26-17-13-16-20(19(21(17)27-2)14-6-4-3-5-7-14)15(22)12-18(24-16)25-10-8-23-9-11-25/h3-7,12-13,23H,8-11H2,1-2H3,(H2,22,24). The summed E-state index contributed by atoms with van der Waals surface area (Å²) in [5, 5.41) is 4.25. The largest absolute Gasteiger partial charge is 0.493 e. The van der Waals surface area contributed by atoms with E-state index in [2.05, 4.69) is 10.2 Å². The minimum Gasteiger partial charge on any atom is -0.493 e. The fraction of sp³-hybridized carbons (Fsp3) is 0.286. The number of hydrogen-bond acceptors (Lipinski definition) is 6. The van der Waals surface area contributed by atoms with Gasteiger partial charge in [0, 0.05) is 54.9 Å². The van der Waals surface area contributed by atoms with E-state index >= 15 is 0 Å². The van der Waals surface area contributed by atoms with E-state index in [9.17, 15) is 0 Å². The van der Waals surface area contributed by atoms with Crippen molar-refractivity contribution in [2.45, 2.75) is 0 Å². The Balaban J connectivity index is 1.99. The first-order valence-corrected chi connectivity index (χ1v) is 9.09. The number of methoxy groups -OCH3 is 2. The quantitative estimate of drug-likeness (QED) is 0.742. The summed E-state index contributed by atoms with van der Waals surface area (Å²) in [6.45, 7) is 3.72. The van der Waals surface area contributed by atoms with Gasteiger partial charge < -0.3 is 25.4 Å². The number of rotatable bonds is 4. The van der Waals surface area contributed by atoms with E-state index in [1.807, 2.05) is 42.5 Å². The first-order chi connectivity index (χ1) is 13.2. The molecule has 1 aliphatic heterocycles. The number of nitrogens with zero attached hydrogens (tertiary/aromatic N) is 2. The molecule has 0 bridgehead atoms. The van der Waals surface area contributed by atoms with Crippen molar-refractivity contribution < 1.29 is 9.47 Å². The molecule has 0 atom stereocenters. The lowest BCUT2D eigenvalue weighted by Gasteiger charge is -2.29. The summed E-state index contributed by atoms with van der Waals surface area (Å²) in [4.78, 5) is 7.17. The number of pyridine rings is 1. The molecule has 2 heterocycles. The van der Waals surface area contributed by atoms with Crippen molar-refractivity contribution in [3.05, 3.63) is 42.5 Å². The lowest BCUT2D eigenvalue weighted by Crippen LogP contribution is -2.43. The number of nitrogen functional groups attached to an aromatic ring is 1. The fourth-order valence-corrected chi connectivity index (χ4v) is 3.66. The van der Waals surface area contributed by atoms with Gasteiger partial charge in [-0.2, -0.15) is 0 Å². The summed E-state index contributed by atoms with van der Waals surface area (Å²) in [5.41, 5.74) is 9.95. The van der Waals surface area contributed by atoms with Crippen LogP contribution in [0.5, 0.6) is 11.5 Å². The SMILES string of the molecule is COc1cc2nc(N3CCNCC3)cc(N)c2c(-c2ccccc2)c1OC. The van der Waals surface area contributed by atoms with E-state index in [4.69, 9.17) is 20.2 Å². The highest BCUT2D eigenvalue weighted by Gasteiger charge is 2.21. The van der Waals surface area contributed by atoms with Crippen molar-refractivity contribution in [3.8, 4) is 22.6 Å². The number of hydrogen-bond donors (Lipinski definition) is 2. The van der Waals surface area contributed by atoms with E-state index in [0.29, 0.717) is 17.2 Å². The molecule has 1 fully saturated rings. The van der Waals surface area contributed by atoms with E-state index in [-0.39, 0.29) is 0 Å². The van der Waals surface area contributed by atoms with E-state index < -0.39 is 0 Å². The predicted octanol–water partition coefficient (Wildman–Crippen LogP) is 2.91. The molecule has 3 N–H and O–H groups in total. The zero-order chi connectivity index (χ0) is 18.8. The molecular formula is C21H24N4O2. The van der Waals surface area contributed by atoms with Crippen molar-refractivity contribution in [1.29, 1.82) is 0 Å².